The highest BCUT2D eigenvalue weighted by molar-refractivity contribution is 14.1. The quantitative estimate of drug-likeness (QED) is 0.670. The second-order valence-electron chi connectivity index (χ2n) is 5.89. The predicted molar refractivity (Wildman–Crippen MR) is 98.6 cm³/mol. The number of nitrogens with zero attached hydrogens (tertiary/aromatic N) is 1. The molecule has 1 aromatic rings. The Morgan fingerprint density at radius 3 is 2.67 bits per heavy atom. The van der Waals surface area contributed by atoms with E-state index in [1.807, 2.05) is 18.2 Å². The van der Waals surface area contributed by atoms with E-state index in [9.17, 15) is 4.79 Å². The number of likely N-dealkylation sites (tertiary alicyclic amines) is 1. The topological polar surface area (TPSA) is 32.3 Å². The molecule has 0 radical (unpaired) electrons. The zero-order chi connectivity index (χ0) is 15.4. The number of halogens is 2. The van der Waals surface area contributed by atoms with E-state index in [0.29, 0.717) is 24.1 Å². The van der Waals surface area contributed by atoms with Crippen LogP contribution in [0, 0.1) is 9.49 Å². The number of carbonyl (C=O) groups is 1. The fourth-order valence-corrected chi connectivity index (χ4v) is 3.74. The highest BCUT2D eigenvalue weighted by Gasteiger charge is 2.25. The van der Waals surface area contributed by atoms with Crippen molar-refractivity contribution in [1.29, 1.82) is 0 Å². The van der Waals surface area contributed by atoms with E-state index in [2.05, 4.69) is 62.6 Å². The molecule has 1 atom stereocenters. The molecule has 0 aromatic heterocycles. The summed E-state index contributed by atoms with van der Waals surface area (Å²) in [7, 11) is 0. The summed E-state index contributed by atoms with van der Waals surface area (Å²) in [6.07, 6.45) is 2.55. The van der Waals surface area contributed by atoms with E-state index < -0.39 is 0 Å². The number of hydrogen-bond donors (Lipinski definition) is 1. The van der Waals surface area contributed by atoms with Gasteiger partial charge in [0.1, 0.15) is 0 Å². The first-order chi connectivity index (χ1) is 9.99. The molecule has 2 rings (SSSR count). The minimum Gasteiger partial charge on any atom is -0.350 e. The third kappa shape index (κ3) is 4.66. The molecule has 1 aliphatic rings. The molecule has 0 saturated carbocycles. The molecule has 21 heavy (non-hydrogen) atoms. The van der Waals surface area contributed by atoms with Crippen molar-refractivity contribution in [2.75, 3.05) is 19.6 Å². The smallest absolute Gasteiger partial charge is 0.252 e. The van der Waals surface area contributed by atoms with E-state index in [-0.39, 0.29) is 5.91 Å². The van der Waals surface area contributed by atoms with E-state index in [0.717, 1.165) is 21.1 Å². The first-order valence-electron chi connectivity index (χ1n) is 7.46. The molecule has 3 nitrogen and oxygen atoms in total. The highest BCUT2D eigenvalue weighted by atomic mass is 127. The van der Waals surface area contributed by atoms with Gasteiger partial charge in [0.25, 0.3) is 5.91 Å². The predicted octanol–water partition coefficient (Wildman–Crippen LogP) is 3.90. The van der Waals surface area contributed by atoms with Crippen LogP contribution in [0.2, 0.25) is 0 Å². The van der Waals surface area contributed by atoms with Gasteiger partial charge in [-0.05, 0) is 88.6 Å². The lowest BCUT2D eigenvalue weighted by Gasteiger charge is -2.31. The number of benzene rings is 1. The Hall–Kier alpha value is -0.140. The van der Waals surface area contributed by atoms with Gasteiger partial charge >= 0.3 is 0 Å². The molecule has 1 heterocycles. The summed E-state index contributed by atoms with van der Waals surface area (Å²) in [5.41, 5.74) is 0.714. The zero-order valence-corrected chi connectivity index (χ0v) is 16.3. The fourth-order valence-electron chi connectivity index (χ4n) is 2.82. The maximum absolute atomic E-state index is 12.4. The van der Waals surface area contributed by atoms with Gasteiger partial charge in [0.05, 0.1) is 5.56 Å². The summed E-state index contributed by atoms with van der Waals surface area (Å²) in [6.45, 7) is 7.50. The van der Waals surface area contributed by atoms with E-state index >= 15 is 0 Å². The summed E-state index contributed by atoms with van der Waals surface area (Å²) >= 11 is 5.69. The van der Waals surface area contributed by atoms with E-state index in [1.54, 1.807) is 0 Å². The van der Waals surface area contributed by atoms with Gasteiger partial charge in [-0.15, -0.1) is 0 Å². The second-order valence-corrected chi connectivity index (χ2v) is 7.99. The Labute approximate surface area is 149 Å². The molecular weight excluding hydrogens is 443 g/mol. The Bertz CT molecular complexity index is 501. The van der Waals surface area contributed by atoms with Crippen LogP contribution in [0.15, 0.2) is 22.7 Å². The molecule has 0 spiro atoms. The first kappa shape index (κ1) is 17.2. The van der Waals surface area contributed by atoms with Crippen molar-refractivity contribution in [3.63, 3.8) is 0 Å². The van der Waals surface area contributed by atoms with Crippen molar-refractivity contribution in [2.24, 2.45) is 5.92 Å². The molecule has 1 aliphatic heterocycles. The van der Waals surface area contributed by atoms with Gasteiger partial charge in [-0.25, -0.2) is 0 Å². The molecular formula is C16H22BrIN2O. The van der Waals surface area contributed by atoms with Gasteiger partial charge < -0.3 is 5.32 Å². The van der Waals surface area contributed by atoms with Gasteiger partial charge in [0.2, 0.25) is 0 Å². The number of nitrogens with one attached hydrogen (secondary N) is 1. The Morgan fingerprint density at radius 2 is 2.05 bits per heavy atom. The summed E-state index contributed by atoms with van der Waals surface area (Å²) in [6, 6.07) is 6.26. The minimum atomic E-state index is 0.00485. The molecule has 1 unspecified atom stereocenters. The van der Waals surface area contributed by atoms with Crippen LogP contribution >= 0.6 is 38.5 Å². The van der Waals surface area contributed by atoms with Gasteiger partial charge in [0.15, 0.2) is 0 Å². The maximum atomic E-state index is 12.4. The molecule has 1 fully saturated rings. The third-order valence-electron chi connectivity index (χ3n) is 4.02. The maximum Gasteiger partial charge on any atom is 0.252 e. The molecule has 1 saturated heterocycles. The minimum absolute atomic E-state index is 0.00485. The summed E-state index contributed by atoms with van der Waals surface area (Å²) in [5, 5.41) is 3.11. The first-order valence-corrected chi connectivity index (χ1v) is 9.33. The van der Waals surface area contributed by atoms with Crippen LogP contribution in [-0.2, 0) is 0 Å². The van der Waals surface area contributed by atoms with Crippen molar-refractivity contribution in [1.82, 2.24) is 10.2 Å². The third-order valence-corrected chi connectivity index (χ3v) is 5.39. The van der Waals surface area contributed by atoms with Crippen LogP contribution in [0.1, 0.15) is 37.0 Å². The zero-order valence-electron chi connectivity index (χ0n) is 12.5. The average molecular weight is 465 g/mol. The van der Waals surface area contributed by atoms with Crippen LogP contribution in [0.5, 0.6) is 0 Å². The lowest BCUT2D eigenvalue weighted by Crippen LogP contribution is -2.45. The van der Waals surface area contributed by atoms with Crippen molar-refractivity contribution in [3.05, 3.63) is 31.8 Å². The van der Waals surface area contributed by atoms with E-state index in [4.69, 9.17) is 0 Å². The lowest BCUT2D eigenvalue weighted by molar-refractivity contribution is 0.0926. The van der Waals surface area contributed by atoms with Gasteiger partial charge in [0, 0.05) is 20.6 Å². The summed E-state index contributed by atoms with van der Waals surface area (Å²) in [5.74, 6) is 0.549. The Morgan fingerprint density at radius 1 is 1.38 bits per heavy atom. The molecule has 1 N–H and O–H groups in total. The van der Waals surface area contributed by atoms with E-state index in [1.165, 1.54) is 12.8 Å². The van der Waals surface area contributed by atoms with Gasteiger partial charge in [-0.3, -0.25) is 9.69 Å². The van der Waals surface area contributed by atoms with Crippen molar-refractivity contribution in [2.45, 2.75) is 32.7 Å². The molecule has 5 heteroatoms. The fraction of sp³-hybridized carbons (Fsp3) is 0.562. The van der Waals surface area contributed by atoms with Crippen molar-refractivity contribution in [3.8, 4) is 0 Å². The Balaban J connectivity index is 1.99. The molecule has 0 aliphatic carbocycles. The van der Waals surface area contributed by atoms with Crippen LogP contribution < -0.4 is 5.32 Å². The summed E-state index contributed by atoms with van der Waals surface area (Å²) in [4.78, 5) is 14.9. The van der Waals surface area contributed by atoms with Crippen LogP contribution in [0.4, 0.5) is 0 Å². The average Bonchev–Trinajstić information content (AvgIpc) is 2.95. The van der Waals surface area contributed by atoms with Crippen LogP contribution in [0.3, 0.4) is 0 Å². The number of rotatable bonds is 5. The van der Waals surface area contributed by atoms with Crippen molar-refractivity contribution < 1.29 is 4.79 Å². The number of amides is 1. The second kappa shape index (κ2) is 7.92. The SMILES string of the molecule is CC(C)C(CNC(=O)c1cc(I)ccc1Br)N1CCCC1. The molecule has 116 valence electrons. The molecule has 1 amide bonds. The Kier molecular flexibility index (Phi) is 6.50. The summed E-state index contributed by atoms with van der Waals surface area (Å²) < 4.78 is 1.92. The molecule has 0 bridgehead atoms. The number of hydrogen-bond acceptors (Lipinski definition) is 2. The van der Waals surface area contributed by atoms with Gasteiger partial charge in [-0.1, -0.05) is 13.8 Å². The largest absolute Gasteiger partial charge is 0.350 e. The monoisotopic (exact) mass is 464 g/mol. The standard InChI is InChI=1S/C16H22BrIN2O/c1-11(2)15(20-7-3-4-8-20)10-19-16(21)13-9-12(18)5-6-14(13)17/h5-6,9,11,15H,3-4,7-8,10H2,1-2H3,(H,19,21). The number of carbonyl (C=O) groups excluding carboxylic acids is 1. The molecule has 1 aromatic carbocycles. The van der Waals surface area contributed by atoms with Crippen LogP contribution in [-0.4, -0.2) is 36.5 Å². The van der Waals surface area contributed by atoms with Crippen molar-refractivity contribution >= 4 is 44.4 Å². The van der Waals surface area contributed by atoms with Gasteiger partial charge in [-0.2, -0.15) is 0 Å². The van der Waals surface area contributed by atoms with Crippen LogP contribution in [0.25, 0.3) is 0 Å². The highest BCUT2D eigenvalue weighted by Crippen LogP contribution is 2.20. The lowest BCUT2D eigenvalue weighted by atomic mass is 10.0. The normalized spacial score (nSPS) is 17.2.